The first kappa shape index (κ1) is 22.4. The van der Waals surface area contributed by atoms with Crippen LogP contribution in [0.15, 0.2) is 47.6 Å². The van der Waals surface area contributed by atoms with Gasteiger partial charge in [-0.05, 0) is 55.3 Å². The summed E-state index contributed by atoms with van der Waals surface area (Å²) < 4.78 is 18.5. The molecule has 0 fully saturated rings. The molecule has 0 aliphatic carbocycles. The normalized spacial score (nSPS) is 12.1. The Kier molecular flexibility index (Phi) is 8.15. The van der Waals surface area contributed by atoms with Crippen molar-refractivity contribution in [3.63, 3.8) is 0 Å². The van der Waals surface area contributed by atoms with Gasteiger partial charge in [-0.3, -0.25) is 9.59 Å². The van der Waals surface area contributed by atoms with Gasteiger partial charge >= 0.3 is 0 Å². The van der Waals surface area contributed by atoms with Crippen LogP contribution in [0.5, 0.6) is 5.75 Å². The van der Waals surface area contributed by atoms with Crippen LogP contribution < -0.4 is 15.5 Å². The minimum Gasteiger partial charge on any atom is -0.493 e. The summed E-state index contributed by atoms with van der Waals surface area (Å²) in [6.45, 7) is 5.92. The van der Waals surface area contributed by atoms with Gasteiger partial charge in [-0.15, -0.1) is 0 Å². The maximum atomic E-state index is 13.0. The standard InChI is InChI=1S/C21H23ClFN3O3/c1-4-29-18-10-7-16(22)11-15(18)12-24-26-21(28)19(13(2)3)25-20(27)14-5-8-17(23)9-6-14/h5-13,19H,4H2,1-3H3,(H,25,27)(H,26,28). The average molecular weight is 420 g/mol. The molecule has 2 aromatic carbocycles. The summed E-state index contributed by atoms with van der Waals surface area (Å²) in [5.74, 6) is -1.01. The molecule has 1 atom stereocenters. The molecule has 0 aliphatic heterocycles. The molecule has 1 unspecified atom stereocenters. The van der Waals surface area contributed by atoms with E-state index in [4.69, 9.17) is 16.3 Å². The molecule has 0 bridgehead atoms. The van der Waals surface area contributed by atoms with Crippen molar-refractivity contribution in [2.75, 3.05) is 6.61 Å². The van der Waals surface area contributed by atoms with Crippen molar-refractivity contribution in [1.29, 1.82) is 0 Å². The van der Waals surface area contributed by atoms with Crippen molar-refractivity contribution in [2.24, 2.45) is 11.0 Å². The molecular formula is C21H23ClFN3O3. The third-order valence-corrected chi connectivity index (χ3v) is 4.23. The zero-order valence-electron chi connectivity index (χ0n) is 16.4. The number of ether oxygens (including phenoxy) is 1. The molecule has 8 heteroatoms. The fourth-order valence-electron chi connectivity index (χ4n) is 2.50. The van der Waals surface area contributed by atoms with Crippen molar-refractivity contribution >= 4 is 29.6 Å². The molecule has 0 spiro atoms. The second kappa shape index (κ2) is 10.6. The monoisotopic (exact) mass is 419 g/mol. The summed E-state index contributed by atoms with van der Waals surface area (Å²) in [7, 11) is 0. The molecule has 0 heterocycles. The first-order valence-corrected chi connectivity index (χ1v) is 9.51. The SMILES string of the molecule is CCOc1ccc(Cl)cc1C=NNC(=O)C(NC(=O)c1ccc(F)cc1)C(C)C. The minimum absolute atomic E-state index is 0.195. The van der Waals surface area contributed by atoms with Gasteiger partial charge in [0.1, 0.15) is 17.6 Å². The van der Waals surface area contributed by atoms with E-state index in [9.17, 15) is 14.0 Å². The van der Waals surface area contributed by atoms with Crippen LogP contribution >= 0.6 is 11.6 Å². The molecule has 0 radical (unpaired) electrons. The lowest BCUT2D eigenvalue weighted by Gasteiger charge is -2.20. The van der Waals surface area contributed by atoms with Crippen LogP contribution in [0.1, 0.15) is 36.7 Å². The molecule has 0 saturated carbocycles. The first-order chi connectivity index (χ1) is 13.8. The Bertz CT molecular complexity index is 885. The van der Waals surface area contributed by atoms with Crippen molar-refractivity contribution < 1.29 is 18.7 Å². The summed E-state index contributed by atoms with van der Waals surface area (Å²) in [4.78, 5) is 24.9. The number of halogens is 2. The number of hydrogen-bond donors (Lipinski definition) is 2. The zero-order valence-corrected chi connectivity index (χ0v) is 17.2. The van der Waals surface area contributed by atoms with Crippen molar-refractivity contribution in [3.8, 4) is 5.75 Å². The molecule has 2 amide bonds. The fraction of sp³-hybridized carbons (Fsp3) is 0.286. The second-order valence-corrected chi connectivity index (χ2v) is 6.99. The van der Waals surface area contributed by atoms with Crippen LogP contribution in [0.4, 0.5) is 4.39 Å². The Labute approximate surface area is 174 Å². The van der Waals surface area contributed by atoms with E-state index in [1.165, 1.54) is 30.5 Å². The lowest BCUT2D eigenvalue weighted by molar-refractivity contribution is -0.123. The van der Waals surface area contributed by atoms with Crippen LogP contribution in [-0.4, -0.2) is 30.7 Å². The molecule has 6 nitrogen and oxygen atoms in total. The number of carbonyl (C=O) groups is 2. The highest BCUT2D eigenvalue weighted by Crippen LogP contribution is 2.21. The predicted octanol–water partition coefficient (Wildman–Crippen LogP) is 3.78. The van der Waals surface area contributed by atoms with Crippen LogP contribution in [0.3, 0.4) is 0 Å². The lowest BCUT2D eigenvalue weighted by Crippen LogP contribution is -2.48. The van der Waals surface area contributed by atoms with Gasteiger partial charge in [0, 0.05) is 16.1 Å². The Morgan fingerprint density at radius 2 is 1.90 bits per heavy atom. The van der Waals surface area contributed by atoms with Crippen LogP contribution in [0, 0.1) is 11.7 Å². The van der Waals surface area contributed by atoms with Crippen molar-refractivity contribution in [3.05, 3.63) is 64.4 Å². The van der Waals surface area contributed by atoms with Crippen LogP contribution in [0.25, 0.3) is 0 Å². The second-order valence-electron chi connectivity index (χ2n) is 6.55. The third-order valence-electron chi connectivity index (χ3n) is 3.99. The Morgan fingerprint density at radius 1 is 1.21 bits per heavy atom. The summed E-state index contributed by atoms with van der Waals surface area (Å²) >= 11 is 6.00. The number of rotatable bonds is 8. The summed E-state index contributed by atoms with van der Waals surface area (Å²) in [6.07, 6.45) is 1.42. The molecule has 2 N–H and O–H groups in total. The van der Waals surface area contributed by atoms with Gasteiger partial charge in [0.2, 0.25) is 0 Å². The zero-order chi connectivity index (χ0) is 21.4. The lowest BCUT2D eigenvalue weighted by atomic mass is 10.0. The molecule has 29 heavy (non-hydrogen) atoms. The van der Waals surface area contributed by atoms with E-state index in [2.05, 4.69) is 15.8 Å². The number of nitrogens with zero attached hydrogens (tertiary/aromatic N) is 1. The maximum Gasteiger partial charge on any atom is 0.262 e. The molecule has 2 aromatic rings. The summed E-state index contributed by atoms with van der Waals surface area (Å²) in [5, 5.41) is 7.11. The number of hydrazone groups is 1. The van der Waals surface area contributed by atoms with E-state index in [1.807, 2.05) is 6.92 Å². The Hall–Kier alpha value is -2.93. The highest BCUT2D eigenvalue weighted by molar-refractivity contribution is 6.30. The van der Waals surface area contributed by atoms with Gasteiger partial charge in [0.05, 0.1) is 12.8 Å². The topological polar surface area (TPSA) is 79.8 Å². The molecule has 0 saturated heterocycles. The minimum atomic E-state index is -0.824. The predicted molar refractivity (Wildman–Crippen MR) is 111 cm³/mol. The quantitative estimate of drug-likeness (QED) is 0.504. The van der Waals surface area contributed by atoms with Gasteiger partial charge in [-0.25, -0.2) is 9.82 Å². The smallest absolute Gasteiger partial charge is 0.262 e. The van der Waals surface area contributed by atoms with E-state index in [0.29, 0.717) is 22.9 Å². The number of benzene rings is 2. The van der Waals surface area contributed by atoms with Crippen LogP contribution in [-0.2, 0) is 4.79 Å². The first-order valence-electron chi connectivity index (χ1n) is 9.13. The maximum absolute atomic E-state index is 13.0. The summed E-state index contributed by atoms with van der Waals surface area (Å²) in [6, 6.07) is 9.33. The fourth-order valence-corrected chi connectivity index (χ4v) is 2.68. The van der Waals surface area contributed by atoms with Gasteiger partial charge < -0.3 is 10.1 Å². The number of nitrogens with one attached hydrogen (secondary N) is 2. The highest BCUT2D eigenvalue weighted by atomic mass is 35.5. The van der Waals surface area contributed by atoms with Gasteiger partial charge in [-0.1, -0.05) is 25.4 Å². The largest absolute Gasteiger partial charge is 0.493 e. The summed E-state index contributed by atoms with van der Waals surface area (Å²) in [5.41, 5.74) is 3.29. The van der Waals surface area contributed by atoms with Gasteiger partial charge in [0.25, 0.3) is 11.8 Å². The molecule has 0 aromatic heterocycles. The molecule has 154 valence electrons. The van der Waals surface area contributed by atoms with E-state index >= 15 is 0 Å². The van der Waals surface area contributed by atoms with E-state index < -0.39 is 23.7 Å². The Balaban J connectivity index is 2.06. The molecule has 2 rings (SSSR count). The van der Waals surface area contributed by atoms with Crippen molar-refractivity contribution in [2.45, 2.75) is 26.8 Å². The number of amides is 2. The van der Waals surface area contributed by atoms with E-state index in [-0.39, 0.29) is 11.5 Å². The Morgan fingerprint density at radius 3 is 2.52 bits per heavy atom. The number of hydrogen-bond acceptors (Lipinski definition) is 4. The number of carbonyl (C=O) groups excluding carboxylic acids is 2. The average Bonchev–Trinajstić information content (AvgIpc) is 2.68. The van der Waals surface area contributed by atoms with Gasteiger partial charge in [-0.2, -0.15) is 5.10 Å². The molecular weight excluding hydrogens is 397 g/mol. The van der Waals surface area contributed by atoms with Crippen LogP contribution in [0.2, 0.25) is 5.02 Å². The molecule has 0 aliphatic rings. The highest BCUT2D eigenvalue weighted by Gasteiger charge is 2.24. The van der Waals surface area contributed by atoms with E-state index in [1.54, 1.807) is 32.0 Å². The van der Waals surface area contributed by atoms with Crippen molar-refractivity contribution in [1.82, 2.24) is 10.7 Å². The van der Waals surface area contributed by atoms with E-state index in [0.717, 1.165) is 0 Å². The third kappa shape index (κ3) is 6.57. The van der Waals surface area contributed by atoms with Gasteiger partial charge in [0.15, 0.2) is 0 Å².